The van der Waals surface area contributed by atoms with E-state index in [9.17, 15) is 4.39 Å². The van der Waals surface area contributed by atoms with Crippen LogP contribution in [0.15, 0.2) is 24.4 Å². The summed E-state index contributed by atoms with van der Waals surface area (Å²) in [5.74, 6) is -0.705. The second-order valence-corrected chi connectivity index (χ2v) is 8.77. The van der Waals surface area contributed by atoms with E-state index in [1.807, 2.05) is 4.90 Å². The molecule has 4 heterocycles. The smallest absolute Gasteiger partial charge is 0.326 e. The minimum absolute atomic E-state index is 0.0205. The Hall–Kier alpha value is -3.73. The molecule has 2 aliphatic rings. The van der Waals surface area contributed by atoms with Gasteiger partial charge >= 0.3 is 6.01 Å². The fraction of sp³-hybridized carbons (Fsp3) is 0.318. The number of rotatable bonds is 4. The van der Waals surface area contributed by atoms with Crippen LogP contribution in [0.5, 0.6) is 11.8 Å². The summed E-state index contributed by atoms with van der Waals surface area (Å²) in [4.78, 5) is 18.2. The number of anilines is 3. The van der Waals surface area contributed by atoms with Gasteiger partial charge in [-0.25, -0.2) is 13.8 Å². The van der Waals surface area contributed by atoms with Crippen LogP contribution in [0.1, 0.15) is 12.8 Å². The number of aromatic nitrogens is 4. The number of nitrogens with zero attached hydrogens (tertiary/aromatic N) is 4. The third-order valence-corrected chi connectivity index (χ3v) is 6.72. The van der Waals surface area contributed by atoms with Gasteiger partial charge in [-0.05, 0) is 25.0 Å². The number of nitrogens with two attached hydrogens (primary N) is 2. The fourth-order valence-electron chi connectivity index (χ4n) is 4.73. The van der Waals surface area contributed by atoms with E-state index in [-0.39, 0.29) is 22.9 Å². The van der Waals surface area contributed by atoms with Crippen molar-refractivity contribution < 1.29 is 13.5 Å². The zero-order valence-corrected chi connectivity index (χ0v) is 17.8. The summed E-state index contributed by atoms with van der Waals surface area (Å²) in [7, 11) is 1.64. The molecule has 6 rings (SSSR count). The van der Waals surface area contributed by atoms with E-state index in [1.165, 1.54) is 6.20 Å². The summed E-state index contributed by atoms with van der Waals surface area (Å²) in [6.45, 7) is 1.24. The Labute approximate surface area is 187 Å². The lowest BCUT2D eigenvalue weighted by atomic mass is 10.0. The Balaban J connectivity index is 1.57. The molecule has 1 spiro atoms. The number of ether oxygens (including phenoxy) is 1. The highest BCUT2D eigenvalue weighted by Gasteiger charge is 2.54. The number of halogens is 2. The Bertz CT molecular complexity index is 1400. The first-order valence-electron chi connectivity index (χ1n) is 10.7. The van der Waals surface area contributed by atoms with Crippen molar-refractivity contribution in [3.63, 3.8) is 0 Å². The van der Waals surface area contributed by atoms with Crippen molar-refractivity contribution in [1.82, 2.24) is 19.9 Å². The summed E-state index contributed by atoms with van der Waals surface area (Å²) >= 11 is 0. The van der Waals surface area contributed by atoms with Crippen LogP contribution >= 0.6 is 0 Å². The molecule has 1 saturated carbocycles. The van der Waals surface area contributed by atoms with Crippen LogP contribution in [0.3, 0.4) is 0 Å². The molecule has 9 nitrogen and oxygen atoms in total. The second-order valence-electron chi connectivity index (χ2n) is 8.77. The van der Waals surface area contributed by atoms with Crippen LogP contribution in [-0.2, 0) is 0 Å². The molecule has 1 aromatic carbocycles. The summed E-state index contributed by atoms with van der Waals surface area (Å²) in [5, 5.41) is 3.39. The van der Waals surface area contributed by atoms with E-state index in [4.69, 9.17) is 16.2 Å². The number of hydrogen-bond donors (Lipinski definition) is 4. The van der Waals surface area contributed by atoms with Gasteiger partial charge in [-0.15, -0.1) is 0 Å². The molecule has 170 valence electrons. The summed E-state index contributed by atoms with van der Waals surface area (Å²) < 4.78 is 35.4. The summed E-state index contributed by atoms with van der Waals surface area (Å²) in [6, 6.07) is 4.40. The molecule has 2 fully saturated rings. The number of aromatic amines is 1. The van der Waals surface area contributed by atoms with Gasteiger partial charge in [0.15, 0.2) is 11.6 Å². The zero-order chi connectivity index (χ0) is 22.9. The lowest BCUT2D eigenvalue weighted by Crippen LogP contribution is -2.30. The van der Waals surface area contributed by atoms with Crippen molar-refractivity contribution in [2.75, 3.05) is 36.1 Å². The SMILES string of the molecule is CNc1cc(F)c(F)c2c1[nH]c1nc(Oc3ccc(N)nc3)nc(N3C[C@H](N)C4(CC4)C3)c12. The second kappa shape index (κ2) is 6.88. The van der Waals surface area contributed by atoms with E-state index in [1.54, 1.807) is 19.2 Å². The molecule has 4 aromatic rings. The number of pyridine rings is 1. The minimum Gasteiger partial charge on any atom is -0.423 e. The van der Waals surface area contributed by atoms with Gasteiger partial charge in [0.05, 0.1) is 28.2 Å². The van der Waals surface area contributed by atoms with Crippen LogP contribution in [0.4, 0.5) is 26.1 Å². The molecular formula is C22H22F2N8O. The topological polar surface area (TPSA) is 131 Å². The highest BCUT2D eigenvalue weighted by atomic mass is 19.2. The zero-order valence-electron chi connectivity index (χ0n) is 17.8. The molecule has 1 aliphatic heterocycles. The average Bonchev–Trinajstić information content (AvgIpc) is 3.37. The van der Waals surface area contributed by atoms with Crippen LogP contribution in [0.25, 0.3) is 21.9 Å². The Morgan fingerprint density at radius 3 is 2.73 bits per heavy atom. The first-order chi connectivity index (χ1) is 15.9. The molecule has 1 atom stereocenters. The van der Waals surface area contributed by atoms with Gasteiger partial charge in [0.2, 0.25) is 0 Å². The predicted octanol–water partition coefficient (Wildman–Crippen LogP) is 3.13. The van der Waals surface area contributed by atoms with Gasteiger partial charge in [-0.3, -0.25) is 0 Å². The molecule has 1 aliphatic carbocycles. The molecule has 0 amide bonds. The predicted molar refractivity (Wildman–Crippen MR) is 121 cm³/mol. The first-order valence-corrected chi connectivity index (χ1v) is 10.7. The van der Waals surface area contributed by atoms with Crippen LogP contribution in [0.2, 0.25) is 0 Å². The van der Waals surface area contributed by atoms with Crippen molar-refractivity contribution >= 4 is 39.3 Å². The number of nitrogen functional groups attached to an aromatic ring is 1. The quantitative estimate of drug-likeness (QED) is 0.371. The molecule has 0 bridgehead atoms. The number of benzene rings is 1. The molecule has 0 radical (unpaired) electrons. The van der Waals surface area contributed by atoms with Gasteiger partial charge < -0.3 is 31.4 Å². The van der Waals surface area contributed by atoms with Gasteiger partial charge in [0, 0.05) is 37.7 Å². The van der Waals surface area contributed by atoms with E-state index in [2.05, 4.69) is 25.3 Å². The maximum Gasteiger partial charge on any atom is 0.326 e. The van der Waals surface area contributed by atoms with Gasteiger partial charge in [-0.2, -0.15) is 9.97 Å². The monoisotopic (exact) mass is 452 g/mol. The van der Waals surface area contributed by atoms with Crippen LogP contribution in [0, 0.1) is 17.0 Å². The third kappa shape index (κ3) is 3.03. The van der Waals surface area contributed by atoms with Crippen molar-refractivity contribution in [2.45, 2.75) is 18.9 Å². The van der Waals surface area contributed by atoms with E-state index in [0.29, 0.717) is 52.7 Å². The first kappa shape index (κ1) is 19.9. The average molecular weight is 452 g/mol. The molecule has 3 aromatic heterocycles. The Morgan fingerprint density at radius 1 is 1.24 bits per heavy atom. The maximum absolute atomic E-state index is 15.1. The lowest BCUT2D eigenvalue weighted by molar-refractivity contribution is 0.442. The van der Waals surface area contributed by atoms with Gasteiger partial charge in [0.1, 0.15) is 23.0 Å². The van der Waals surface area contributed by atoms with E-state index < -0.39 is 11.6 Å². The standard InChI is InChI=1S/C22H22F2N8O/c1-27-12-6-11(23)17(24)15-16-19(29-18(12)15)30-21(33-10-2-3-14(26)28-7-10)31-20(16)32-8-13(25)22(9-32)4-5-22/h2-3,6-7,13,27H,4-5,8-9,25H2,1H3,(H2,26,28)(H,29,30,31)/t13-/m0/s1. The number of nitrogens with one attached hydrogen (secondary N) is 2. The molecular weight excluding hydrogens is 430 g/mol. The maximum atomic E-state index is 15.1. The number of fused-ring (bicyclic) bond motifs is 3. The Morgan fingerprint density at radius 2 is 2.06 bits per heavy atom. The summed E-state index contributed by atoms with van der Waals surface area (Å²) in [5.41, 5.74) is 13.3. The van der Waals surface area contributed by atoms with Crippen LogP contribution < -0.4 is 26.4 Å². The van der Waals surface area contributed by atoms with Crippen LogP contribution in [-0.4, -0.2) is 46.1 Å². The highest BCUT2D eigenvalue weighted by Crippen LogP contribution is 2.53. The highest BCUT2D eigenvalue weighted by molar-refractivity contribution is 6.15. The minimum atomic E-state index is -0.957. The molecule has 0 unspecified atom stereocenters. The van der Waals surface area contributed by atoms with Gasteiger partial charge in [0.25, 0.3) is 0 Å². The Kier molecular flexibility index (Phi) is 4.15. The van der Waals surface area contributed by atoms with Crippen molar-refractivity contribution in [3.8, 4) is 11.8 Å². The third-order valence-electron chi connectivity index (χ3n) is 6.72. The van der Waals surface area contributed by atoms with E-state index in [0.717, 1.165) is 18.9 Å². The summed E-state index contributed by atoms with van der Waals surface area (Å²) in [6.07, 6.45) is 3.55. The van der Waals surface area contributed by atoms with Crippen molar-refractivity contribution in [1.29, 1.82) is 0 Å². The van der Waals surface area contributed by atoms with E-state index >= 15 is 4.39 Å². The van der Waals surface area contributed by atoms with Crippen molar-refractivity contribution in [2.24, 2.45) is 11.1 Å². The molecule has 6 N–H and O–H groups in total. The largest absolute Gasteiger partial charge is 0.423 e. The molecule has 33 heavy (non-hydrogen) atoms. The molecule has 11 heteroatoms. The normalized spacial score (nSPS) is 19.0. The van der Waals surface area contributed by atoms with Crippen molar-refractivity contribution in [3.05, 3.63) is 36.0 Å². The lowest BCUT2D eigenvalue weighted by Gasteiger charge is -2.19. The fourth-order valence-corrected chi connectivity index (χ4v) is 4.73. The number of hydrogen-bond acceptors (Lipinski definition) is 8. The number of H-pyrrole nitrogens is 1. The van der Waals surface area contributed by atoms with Gasteiger partial charge in [-0.1, -0.05) is 0 Å². The molecule has 1 saturated heterocycles.